The molecule has 11 heteroatoms. The minimum atomic E-state index is -4.66. The Kier molecular flexibility index (Phi) is 31.9. The summed E-state index contributed by atoms with van der Waals surface area (Å²) in [6.45, 7) is 4.30. The molecular weight excluding hydrogens is 691 g/mol. The summed E-state index contributed by atoms with van der Waals surface area (Å²) in [6, 6.07) is -1.02. The normalized spacial score (nSPS) is 16.5. The van der Waals surface area contributed by atoms with Gasteiger partial charge in [0.1, 0.15) is 13.2 Å². The number of allylic oxidation sites excluding steroid dienone is 8. The highest BCUT2D eigenvalue weighted by Crippen LogP contribution is 2.38. The Morgan fingerprint density at radius 3 is 1.96 bits per heavy atom. The van der Waals surface area contributed by atoms with Crippen LogP contribution in [-0.4, -0.2) is 91.0 Å². The maximum atomic E-state index is 12.8. The molecule has 0 rings (SSSR count). The van der Waals surface area contributed by atoms with Gasteiger partial charge in [0.2, 0.25) is 5.91 Å². The van der Waals surface area contributed by atoms with Crippen LogP contribution in [0.1, 0.15) is 123 Å². The van der Waals surface area contributed by atoms with Crippen LogP contribution in [0.5, 0.6) is 0 Å². The number of quaternary nitrogens is 1. The van der Waals surface area contributed by atoms with Gasteiger partial charge in [-0.1, -0.05) is 132 Å². The van der Waals surface area contributed by atoms with Crippen molar-refractivity contribution in [2.45, 2.75) is 147 Å². The van der Waals surface area contributed by atoms with Crippen LogP contribution < -0.4 is 10.2 Å². The molecule has 0 heterocycles. The quantitative estimate of drug-likeness (QED) is 0.0171. The number of nitrogens with one attached hydrogen (secondary N) is 1. The zero-order chi connectivity index (χ0) is 39.6. The number of phosphoric acid groups is 1. The highest BCUT2D eigenvalue weighted by molar-refractivity contribution is 7.45. The molecule has 10 nitrogen and oxygen atoms in total. The minimum absolute atomic E-state index is 0.0559. The summed E-state index contributed by atoms with van der Waals surface area (Å²) in [4.78, 5) is 25.2. The molecule has 1 amide bonds. The number of amides is 1. The number of hydrogen-bond acceptors (Lipinski definition) is 8. The lowest BCUT2D eigenvalue weighted by atomic mass is 10.1. The molecule has 0 spiro atoms. The first-order valence-corrected chi connectivity index (χ1v) is 21.5. The standard InChI is InChI=1S/C42H75N2O8P/c1-6-8-10-12-14-15-16-17-18-19-21-27-33-41(47)40(37-52-53(49,50)51-36-35-44(3,4)5)43-42(48)34-28-32-39(46)31-26-23-22-25-30-38(45)29-24-20-13-11-9-7-2/h17-18,20,22-27,30-31,33,38-41,45-47H,6-16,19,21,28-29,32,34-37H2,1-5H3,(H-,43,48,49,50)/b18-17-,23-22+,24-20-,30-25+,31-26-,33-27+/t38-,39-,40-,41+/m0/s1. The van der Waals surface area contributed by atoms with Gasteiger partial charge >= 0.3 is 0 Å². The van der Waals surface area contributed by atoms with Gasteiger partial charge in [0.25, 0.3) is 7.82 Å². The lowest BCUT2D eigenvalue weighted by molar-refractivity contribution is -0.870. The van der Waals surface area contributed by atoms with Crippen molar-refractivity contribution in [2.24, 2.45) is 0 Å². The van der Waals surface area contributed by atoms with E-state index in [0.29, 0.717) is 36.7 Å². The van der Waals surface area contributed by atoms with E-state index in [9.17, 15) is 29.6 Å². The van der Waals surface area contributed by atoms with Gasteiger partial charge in [0.15, 0.2) is 0 Å². The average Bonchev–Trinajstić information content (AvgIpc) is 3.09. The number of unbranched alkanes of at least 4 members (excludes halogenated alkanes) is 10. The van der Waals surface area contributed by atoms with Crippen LogP contribution in [0.3, 0.4) is 0 Å². The van der Waals surface area contributed by atoms with Gasteiger partial charge in [-0.05, 0) is 57.8 Å². The van der Waals surface area contributed by atoms with Crippen LogP contribution in [0.25, 0.3) is 0 Å². The van der Waals surface area contributed by atoms with Gasteiger partial charge in [0.05, 0.1) is 52.1 Å². The minimum Gasteiger partial charge on any atom is -0.756 e. The molecule has 0 bridgehead atoms. The van der Waals surface area contributed by atoms with Crippen molar-refractivity contribution < 1.29 is 43.1 Å². The molecule has 0 aliphatic rings. The van der Waals surface area contributed by atoms with Crippen molar-refractivity contribution in [2.75, 3.05) is 40.9 Å². The molecular formula is C42H75N2O8P. The smallest absolute Gasteiger partial charge is 0.268 e. The molecule has 1 unspecified atom stereocenters. The highest BCUT2D eigenvalue weighted by Gasteiger charge is 2.23. The molecule has 306 valence electrons. The fourth-order valence-corrected chi connectivity index (χ4v) is 5.73. The molecule has 4 N–H and O–H groups in total. The van der Waals surface area contributed by atoms with Gasteiger partial charge in [-0.15, -0.1) is 0 Å². The van der Waals surface area contributed by atoms with Crippen LogP contribution in [0.15, 0.2) is 72.9 Å². The molecule has 0 aliphatic heterocycles. The fraction of sp³-hybridized carbons (Fsp3) is 0.690. The summed E-state index contributed by atoms with van der Waals surface area (Å²) in [5, 5.41) is 33.9. The summed E-state index contributed by atoms with van der Waals surface area (Å²) < 4.78 is 23.0. The van der Waals surface area contributed by atoms with E-state index in [2.05, 4.69) is 37.4 Å². The van der Waals surface area contributed by atoms with Crippen LogP contribution >= 0.6 is 7.82 Å². The van der Waals surface area contributed by atoms with E-state index in [4.69, 9.17) is 9.05 Å². The molecule has 0 radical (unpaired) electrons. The van der Waals surface area contributed by atoms with Gasteiger partial charge in [0, 0.05) is 6.42 Å². The zero-order valence-electron chi connectivity index (χ0n) is 33.7. The summed E-state index contributed by atoms with van der Waals surface area (Å²) >= 11 is 0. The van der Waals surface area contributed by atoms with Crippen LogP contribution in [-0.2, 0) is 18.4 Å². The maximum Gasteiger partial charge on any atom is 0.268 e. The number of aliphatic hydroxyl groups is 3. The molecule has 0 aromatic heterocycles. The van der Waals surface area contributed by atoms with Crippen molar-refractivity contribution in [1.82, 2.24) is 5.32 Å². The van der Waals surface area contributed by atoms with Crippen LogP contribution in [0.2, 0.25) is 0 Å². The Hall–Kier alpha value is -2.14. The highest BCUT2D eigenvalue weighted by atomic mass is 31.2. The van der Waals surface area contributed by atoms with Gasteiger partial charge < -0.3 is 39.1 Å². The SMILES string of the molecule is CCCCC/C=C\C[C@H](O)/C=C/C=C/C=C\[C@H](O)CCCC(=O)N[C@@H](COP(=O)([O-])OCC[N+](C)(C)C)[C@H](O)/C=C/CC/C=C\CCCCCCCC. The van der Waals surface area contributed by atoms with Crippen molar-refractivity contribution in [3.05, 3.63) is 72.9 Å². The third-order valence-electron chi connectivity index (χ3n) is 8.33. The molecule has 53 heavy (non-hydrogen) atoms. The largest absolute Gasteiger partial charge is 0.756 e. The number of nitrogens with zero attached hydrogens (tertiary/aromatic N) is 1. The van der Waals surface area contributed by atoms with E-state index in [-0.39, 0.29) is 13.0 Å². The number of carbonyl (C=O) groups is 1. The third kappa shape index (κ3) is 35.3. The van der Waals surface area contributed by atoms with E-state index < -0.39 is 44.7 Å². The second-order valence-electron chi connectivity index (χ2n) is 14.7. The first-order valence-electron chi connectivity index (χ1n) is 20.0. The second kappa shape index (κ2) is 33.2. The molecule has 0 saturated heterocycles. The van der Waals surface area contributed by atoms with Crippen molar-refractivity contribution in [1.29, 1.82) is 0 Å². The van der Waals surface area contributed by atoms with E-state index in [1.54, 1.807) is 42.5 Å². The zero-order valence-corrected chi connectivity index (χ0v) is 34.6. The van der Waals surface area contributed by atoms with Gasteiger partial charge in [-0.3, -0.25) is 9.36 Å². The number of phosphoric ester groups is 1. The molecule has 0 aromatic rings. The Balaban J connectivity index is 4.86. The molecule has 0 aromatic carbocycles. The van der Waals surface area contributed by atoms with Crippen LogP contribution in [0.4, 0.5) is 0 Å². The topological polar surface area (TPSA) is 148 Å². The summed E-state index contributed by atoms with van der Waals surface area (Å²) in [5.74, 6) is -0.397. The molecule has 0 fully saturated rings. The number of hydrogen-bond donors (Lipinski definition) is 4. The predicted octanol–water partition coefficient (Wildman–Crippen LogP) is 7.77. The lowest BCUT2D eigenvalue weighted by Gasteiger charge is -2.29. The van der Waals surface area contributed by atoms with E-state index in [1.807, 2.05) is 33.3 Å². The van der Waals surface area contributed by atoms with E-state index in [1.165, 1.54) is 57.8 Å². The first kappa shape index (κ1) is 50.9. The number of likely N-dealkylation sites (N-methyl/N-ethyl adjacent to an activating group) is 1. The molecule has 5 atom stereocenters. The lowest BCUT2D eigenvalue weighted by Crippen LogP contribution is -2.45. The van der Waals surface area contributed by atoms with Gasteiger partial charge in [-0.2, -0.15) is 0 Å². The van der Waals surface area contributed by atoms with Crippen LogP contribution in [0, 0.1) is 0 Å². The summed E-state index contributed by atoms with van der Waals surface area (Å²) in [7, 11) is 1.07. The summed E-state index contributed by atoms with van der Waals surface area (Å²) in [5.41, 5.74) is 0. The molecule has 0 saturated carbocycles. The number of aliphatic hydroxyl groups excluding tert-OH is 3. The summed E-state index contributed by atoms with van der Waals surface area (Å²) in [6.07, 6.45) is 35.8. The Labute approximate surface area is 322 Å². The van der Waals surface area contributed by atoms with Crippen molar-refractivity contribution in [3.8, 4) is 0 Å². The average molecular weight is 767 g/mol. The van der Waals surface area contributed by atoms with E-state index >= 15 is 0 Å². The molecule has 0 aliphatic carbocycles. The fourth-order valence-electron chi connectivity index (χ4n) is 5.01. The third-order valence-corrected chi connectivity index (χ3v) is 9.29. The number of rotatable bonds is 34. The maximum absolute atomic E-state index is 12.8. The Morgan fingerprint density at radius 1 is 0.717 bits per heavy atom. The van der Waals surface area contributed by atoms with Crippen molar-refractivity contribution in [3.63, 3.8) is 0 Å². The van der Waals surface area contributed by atoms with Gasteiger partial charge in [-0.25, -0.2) is 0 Å². The van der Waals surface area contributed by atoms with Crippen molar-refractivity contribution >= 4 is 13.7 Å². The second-order valence-corrected chi connectivity index (χ2v) is 16.1. The number of carbonyl (C=O) groups excluding carboxylic acids is 1. The Bertz CT molecular complexity index is 1130. The Morgan fingerprint density at radius 2 is 1.28 bits per heavy atom. The monoisotopic (exact) mass is 767 g/mol. The predicted molar refractivity (Wildman–Crippen MR) is 217 cm³/mol. The van der Waals surface area contributed by atoms with E-state index in [0.717, 1.165) is 19.3 Å². The first-order chi connectivity index (χ1) is 25.3.